The third-order valence-corrected chi connectivity index (χ3v) is 7.41. The molecular formula is C31H61FN2O3. The van der Waals surface area contributed by atoms with Crippen molar-refractivity contribution in [1.82, 2.24) is 9.80 Å². The summed E-state index contributed by atoms with van der Waals surface area (Å²) in [5, 5.41) is 8.77. The topological polar surface area (TPSA) is 60.9 Å². The summed E-state index contributed by atoms with van der Waals surface area (Å²) in [7, 11) is 4.08. The first-order valence-electron chi connectivity index (χ1n) is 15.6. The number of nitrogens with zero attached hydrogens (tertiary/aromatic N) is 2. The molecule has 0 radical (unpaired) electrons. The molecule has 5 nitrogen and oxygen atoms in total. The Morgan fingerprint density at radius 2 is 1.11 bits per heavy atom. The van der Waals surface area contributed by atoms with Crippen molar-refractivity contribution < 1.29 is 19.1 Å². The summed E-state index contributed by atoms with van der Waals surface area (Å²) in [6.07, 6.45) is 20.5. The Hall–Kier alpha value is -1.17. The van der Waals surface area contributed by atoms with Crippen LogP contribution >= 0.6 is 0 Å². The number of halogens is 1. The first-order valence-corrected chi connectivity index (χ1v) is 15.6. The number of hydrogen-bond donors (Lipinski definition) is 1. The molecule has 1 amide bonds. The molecule has 0 aromatic rings. The third kappa shape index (κ3) is 21.5. The van der Waals surface area contributed by atoms with E-state index in [1.807, 2.05) is 14.1 Å². The van der Waals surface area contributed by atoms with Gasteiger partial charge in [0.25, 0.3) is 0 Å². The zero-order valence-corrected chi connectivity index (χ0v) is 25.0. The fourth-order valence-corrected chi connectivity index (χ4v) is 5.06. The Morgan fingerprint density at radius 1 is 0.649 bits per heavy atom. The number of alkyl halides is 1. The molecular weight excluding hydrogens is 467 g/mol. The lowest BCUT2D eigenvalue weighted by Crippen LogP contribution is -2.41. The summed E-state index contributed by atoms with van der Waals surface area (Å²) >= 11 is 0. The number of amides is 1. The van der Waals surface area contributed by atoms with Crippen LogP contribution in [0.25, 0.3) is 0 Å². The molecule has 2 unspecified atom stereocenters. The van der Waals surface area contributed by atoms with E-state index in [-0.39, 0.29) is 12.3 Å². The molecule has 37 heavy (non-hydrogen) atoms. The number of hydrogen-bond acceptors (Lipinski definition) is 3. The second-order valence-corrected chi connectivity index (χ2v) is 11.3. The normalized spacial score (nSPS) is 13.1. The minimum atomic E-state index is -1.78. The van der Waals surface area contributed by atoms with Crippen molar-refractivity contribution in [1.29, 1.82) is 0 Å². The number of aliphatic carboxylic acids is 1. The van der Waals surface area contributed by atoms with E-state index in [1.165, 1.54) is 83.5 Å². The number of carboxylic acid groups (broad SMARTS) is 1. The molecule has 0 aliphatic carbocycles. The maximum atomic E-state index is 13.4. The van der Waals surface area contributed by atoms with Crippen molar-refractivity contribution in [3.8, 4) is 0 Å². The minimum Gasteiger partial charge on any atom is -0.479 e. The SMILES string of the molecule is CCCCCCCCCCC(CCCCCCC)N(CCCCCC(F)C(=O)O)C(=O)CCCN(C)C. The summed E-state index contributed by atoms with van der Waals surface area (Å²) in [5.74, 6) is -1.11. The number of carbonyl (C=O) groups excluding carboxylic acids is 1. The van der Waals surface area contributed by atoms with Gasteiger partial charge < -0.3 is 14.9 Å². The largest absolute Gasteiger partial charge is 0.479 e. The lowest BCUT2D eigenvalue weighted by atomic mass is 9.97. The molecule has 0 saturated carbocycles. The van der Waals surface area contributed by atoms with Crippen molar-refractivity contribution in [3.05, 3.63) is 0 Å². The van der Waals surface area contributed by atoms with Gasteiger partial charge in [-0.25, -0.2) is 9.18 Å². The smallest absolute Gasteiger partial charge is 0.338 e. The van der Waals surface area contributed by atoms with Crippen LogP contribution in [0.3, 0.4) is 0 Å². The molecule has 0 aliphatic rings. The van der Waals surface area contributed by atoms with E-state index in [4.69, 9.17) is 5.11 Å². The van der Waals surface area contributed by atoms with Crippen LogP contribution in [0.5, 0.6) is 0 Å². The van der Waals surface area contributed by atoms with Gasteiger partial charge in [0.1, 0.15) is 0 Å². The average Bonchev–Trinajstić information content (AvgIpc) is 2.86. The van der Waals surface area contributed by atoms with Crippen molar-refractivity contribution in [2.75, 3.05) is 27.2 Å². The molecule has 220 valence electrons. The maximum Gasteiger partial charge on any atom is 0.338 e. The molecule has 0 aromatic carbocycles. The molecule has 2 atom stereocenters. The minimum absolute atomic E-state index is 0.0607. The third-order valence-electron chi connectivity index (χ3n) is 7.41. The van der Waals surface area contributed by atoms with Gasteiger partial charge in [-0.1, -0.05) is 104 Å². The summed E-state index contributed by atoms with van der Waals surface area (Å²) in [4.78, 5) is 28.4. The van der Waals surface area contributed by atoms with Crippen LogP contribution in [0.4, 0.5) is 4.39 Å². The van der Waals surface area contributed by atoms with Gasteiger partial charge in [-0.05, 0) is 59.2 Å². The van der Waals surface area contributed by atoms with Crippen molar-refractivity contribution in [3.63, 3.8) is 0 Å². The van der Waals surface area contributed by atoms with E-state index in [1.54, 1.807) is 0 Å². The summed E-state index contributed by atoms with van der Waals surface area (Å²) in [6.45, 7) is 6.11. The summed E-state index contributed by atoms with van der Waals surface area (Å²) in [6, 6.07) is 0.293. The van der Waals surface area contributed by atoms with Crippen molar-refractivity contribution in [2.24, 2.45) is 0 Å². The molecule has 0 fully saturated rings. The summed E-state index contributed by atoms with van der Waals surface area (Å²) in [5.41, 5.74) is 0. The molecule has 0 spiro atoms. The predicted octanol–water partition coefficient (Wildman–Crippen LogP) is 8.40. The van der Waals surface area contributed by atoms with Crippen molar-refractivity contribution >= 4 is 11.9 Å². The quantitative estimate of drug-likeness (QED) is 0.109. The van der Waals surface area contributed by atoms with E-state index >= 15 is 0 Å². The zero-order chi connectivity index (χ0) is 27.7. The van der Waals surface area contributed by atoms with Crippen LogP contribution in [-0.2, 0) is 9.59 Å². The molecule has 0 rings (SSSR count). The number of carboxylic acids is 1. The molecule has 0 bridgehead atoms. The van der Waals surface area contributed by atoms with Gasteiger partial charge in [0.15, 0.2) is 6.17 Å². The number of unbranched alkanes of at least 4 members (excludes halogenated alkanes) is 13. The molecule has 0 saturated heterocycles. The highest BCUT2D eigenvalue weighted by Gasteiger charge is 2.23. The predicted molar refractivity (Wildman–Crippen MR) is 155 cm³/mol. The van der Waals surface area contributed by atoms with Gasteiger partial charge in [-0.15, -0.1) is 0 Å². The lowest BCUT2D eigenvalue weighted by Gasteiger charge is -2.33. The Labute approximate surface area is 228 Å². The first kappa shape index (κ1) is 35.8. The van der Waals surface area contributed by atoms with Crippen LogP contribution in [0, 0.1) is 0 Å². The van der Waals surface area contributed by atoms with Crippen LogP contribution in [0.1, 0.15) is 149 Å². The van der Waals surface area contributed by atoms with E-state index in [0.29, 0.717) is 25.4 Å². The fraction of sp³-hybridized carbons (Fsp3) is 0.935. The van der Waals surface area contributed by atoms with Crippen molar-refractivity contribution in [2.45, 2.75) is 161 Å². The Balaban J connectivity index is 4.97. The maximum absolute atomic E-state index is 13.4. The average molecular weight is 529 g/mol. The van der Waals surface area contributed by atoms with Crippen LogP contribution in [-0.4, -0.2) is 66.2 Å². The van der Waals surface area contributed by atoms with E-state index in [0.717, 1.165) is 38.6 Å². The fourth-order valence-electron chi connectivity index (χ4n) is 5.06. The standard InChI is InChI=1S/C31H61FN2O3/c1-5-7-9-11-12-13-15-18-23-28(22-17-14-10-8-6-2)34(30(35)25-21-26-33(3)4)27-20-16-19-24-29(32)31(36)37/h28-29H,5-27H2,1-4H3,(H,36,37). The van der Waals surface area contributed by atoms with Gasteiger partial charge >= 0.3 is 5.97 Å². The monoisotopic (exact) mass is 528 g/mol. The second-order valence-electron chi connectivity index (χ2n) is 11.3. The van der Waals surface area contributed by atoms with E-state index in [9.17, 15) is 14.0 Å². The van der Waals surface area contributed by atoms with Crippen LogP contribution in [0.2, 0.25) is 0 Å². The molecule has 6 heteroatoms. The van der Waals surface area contributed by atoms with Gasteiger partial charge in [-0.3, -0.25) is 4.79 Å². The summed E-state index contributed by atoms with van der Waals surface area (Å²) < 4.78 is 13.4. The Kier molecular flexibility index (Phi) is 24.3. The zero-order valence-electron chi connectivity index (χ0n) is 25.0. The highest BCUT2D eigenvalue weighted by Crippen LogP contribution is 2.21. The Bertz CT molecular complexity index is 545. The Morgan fingerprint density at radius 3 is 1.59 bits per heavy atom. The number of rotatable bonds is 27. The molecule has 0 aliphatic heterocycles. The molecule has 1 N–H and O–H groups in total. The highest BCUT2D eigenvalue weighted by molar-refractivity contribution is 5.76. The van der Waals surface area contributed by atoms with Crippen LogP contribution < -0.4 is 0 Å². The van der Waals surface area contributed by atoms with Gasteiger partial charge in [0, 0.05) is 19.0 Å². The number of carbonyl (C=O) groups is 2. The van der Waals surface area contributed by atoms with Gasteiger partial charge in [0.2, 0.25) is 5.91 Å². The van der Waals surface area contributed by atoms with E-state index < -0.39 is 12.1 Å². The van der Waals surface area contributed by atoms with E-state index in [2.05, 4.69) is 23.6 Å². The lowest BCUT2D eigenvalue weighted by molar-refractivity contribution is -0.143. The highest BCUT2D eigenvalue weighted by atomic mass is 19.1. The molecule has 0 heterocycles. The first-order chi connectivity index (χ1) is 17.8. The van der Waals surface area contributed by atoms with Crippen LogP contribution in [0.15, 0.2) is 0 Å². The second kappa shape index (κ2) is 25.1. The molecule has 0 aromatic heterocycles. The van der Waals surface area contributed by atoms with Gasteiger partial charge in [0.05, 0.1) is 0 Å². The van der Waals surface area contributed by atoms with Gasteiger partial charge in [-0.2, -0.15) is 0 Å².